The SMILES string of the molecule is NS(=O)(=O)c1nn2cc(-c3ccc(C(=O)O)cc3)nc2s1. The molecule has 0 saturated carbocycles. The summed E-state index contributed by atoms with van der Waals surface area (Å²) in [5.74, 6) is -1.01. The van der Waals surface area contributed by atoms with Crippen molar-refractivity contribution < 1.29 is 18.3 Å². The number of sulfonamides is 1. The second kappa shape index (κ2) is 4.62. The average molecular weight is 324 g/mol. The molecule has 8 nitrogen and oxygen atoms in total. The number of primary sulfonamides is 1. The molecule has 10 heteroatoms. The Labute approximate surface area is 122 Å². The monoisotopic (exact) mass is 324 g/mol. The van der Waals surface area contributed by atoms with Crippen LogP contribution in [0.15, 0.2) is 34.8 Å². The van der Waals surface area contributed by atoms with Gasteiger partial charge < -0.3 is 5.11 Å². The van der Waals surface area contributed by atoms with E-state index < -0.39 is 16.0 Å². The van der Waals surface area contributed by atoms with Crippen molar-refractivity contribution in [3.8, 4) is 11.3 Å². The number of imidazole rings is 1. The molecular weight excluding hydrogens is 316 g/mol. The molecule has 0 atom stereocenters. The average Bonchev–Trinajstić information content (AvgIpc) is 2.96. The first-order chi connectivity index (χ1) is 9.84. The van der Waals surface area contributed by atoms with E-state index >= 15 is 0 Å². The number of carbonyl (C=O) groups is 1. The highest BCUT2D eigenvalue weighted by atomic mass is 32.2. The van der Waals surface area contributed by atoms with Gasteiger partial charge in [0.2, 0.25) is 9.30 Å². The minimum Gasteiger partial charge on any atom is -0.478 e. The van der Waals surface area contributed by atoms with Crippen LogP contribution in [0.4, 0.5) is 0 Å². The van der Waals surface area contributed by atoms with Gasteiger partial charge in [0.1, 0.15) is 0 Å². The highest BCUT2D eigenvalue weighted by Crippen LogP contribution is 2.23. The zero-order valence-corrected chi connectivity index (χ0v) is 11.9. The van der Waals surface area contributed by atoms with Gasteiger partial charge in [-0.05, 0) is 12.1 Å². The Kier molecular flexibility index (Phi) is 3.01. The van der Waals surface area contributed by atoms with Crippen molar-refractivity contribution in [3.05, 3.63) is 36.0 Å². The van der Waals surface area contributed by atoms with E-state index in [-0.39, 0.29) is 9.90 Å². The maximum Gasteiger partial charge on any atom is 0.335 e. The van der Waals surface area contributed by atoms with Crippen LogP contribution in [-0.4, -0.2) is 34.1 Å². The molecule has 0 aliphatic heterocycles. The Morgan fingerprint density at radius 1 is 1.29 bits per heavy atom. The van der Waals surface area contributed by atoms with Gasteiger partial charge in [-0.25, -0.2) is 27.9 Å². The Hall–Kier alpha value is -2.30. The molecule has 0 unspecified atom stereocenters. The second-order valence-corrected chi connectivity index (χ2v) is 6.84. The molecule has 0 aliphatic carbocycles. The minimum atomic E-state index is -3.85. The number of aromatic nitrogens is 3. The van der Waals surface area contributed by atoms with Gasteiger partial charge in [0.15, 0.2) is 0 Å². The third-order valence-electron chi connectivity index (χ3n) is 2.70. The minimum absolute atomic E-state index is 0.175. The van der Waals surface area contributed by atoms with Gasteiger partial charge in [-0.1, -0.05) is 23.5 Å². The van der Waals surface area contributed by atoms with Gasteiger partial charge in [-0.15, -0.1) is 5.10 Å². The molecule has 0 radical (unpaired) electrons. The topological polar surface area (TPSA) is 128 Å². The van der Waals surface area contributed by atoms with Crippen LogP contribution in [0.5, 0.6) is 0 Å². The van der Waals surface area contributed by atoms with Gasteiger partial charge in [0.25, 0.3) is 10.0 Å². The summed E-state index contributed by atoms with van der Waals surface area (Å²) in [4.78, 5) is 15.4. The lowest BCUT2D eigenvalue weighted by Crippen LogP contribution is -2.12. The van der Waals surface area contributed by atoms with Crippen molar-refractivity contribution in [2.24, 2.45) is 5.14 Å². The molecular formula is C11H8N4O4S2. The van der Waals surface area contributed by atoms with Crippen LogP contribution >= 0.6 is 11.3 Å². The number of carboxylic acids is 1. The molecule has 0 aliphatic rings. The number of nitrogens with zero attached hydrogens (tertiary/aromatic N) is 3. The summed E-state index contributed by atoms with van der Waals surface area (Å²) >= 11 is 0.861. The van der Waals surface area contributed by atoms with Gasteiger partial charge in [0, 0.05) is 5.56 Å². The number of nitrogens with two attached hydrogens (primary N) is 1. The van der Waals surface area contributed by atoms with E-state index in [0.717, 1.165) is 11.3 Å². The fraction of sp³-hybridized carbons (Fsp3) is 0. The summed E-state index contributed by atoms with van der Waals surface area (Å²) in [5, 5.41) is 17.7. The van der Waals surface area contributed by atoms with E-state index in [2.05, 4.69) is 10.1 Å². The number of hydrogen-bond acceptors (Lipinski definition) is 6. The third-order valence-corrected chi connectivity index (χ3v) is 4.93. The molecule has 3 N–H and O–H groups in total. The van der Waals surface area contributed by atoms with Crippen LogP contribution in [0.25, 0.3) is 16.2 Å². The number of aromatic carboxylic acids is 1. The van der Waals surface area contributed by atoms with Crippen molar-refractivity contribution in [1.82, 2.24) is 14.6 Å². The molecule has 2 aromatic heterocycles. The van der Waals surface area contributed by atoms with E-state index in [1.165, 1.54) is 16.6 Å². The first-order valence-electron chi connectivity index (χ1n) is 5.57. The lowest BCUT2D eigenvalue weighted by Gasteiger charge is -1.97. The lowest BCUT2D eigenvalue weighted by molar-refractivity contribution is 0.0697. The molecule has 0 spiro atoms. The first kappa shape index (κ1) is 13.7. The van der Waals surface area contributed by atoms with Crippen LogP contribution < -0.4 is 5.14 Å². The molecule has 3 rings (SSSR count). The van der Waals surface area contributed by atoms with Gasteiger partial charge in [0.05, 0.1) is 17.5 Å². The van der Waals surface area contributed by atoms with Crippen LogP contribution in [-0.2, 0) is 10.0 Å². The fourth-order valence-corrected chi connectivity index (χ4v) is 3.23. The molecule has 21 heavy (non-hydrogen) atoms. The van der Waals surface area contributed by atoms with Crippen LogP contribution in [0.2, 0.25) is 0 Å². The van der Waals surface area contributed by atoms with E-state index in [4.69, 9.17) is 10.2 Å². The largest absolute Gasteiger partial charge is 0.478 e. The number of hydrogen-bond donors (Lipinski definition) is 2. The second-order valence-electron chi connectivity index (χ2n) is 4.15. The van der Waals surface area contributed by atoms with Crippen molar-refractivity contribution in [2.45, 2.75) is 4.34 Å². The quantitative estimate of drug-likeness (QED) is 0.733. The maximum absolute atomic E-state index is 11.2. The van der Waals surface area contributed by atoms with Crippen LogP contribution in [0.3, 0.4) is 0 Å². The summed E-state index contributed by atoms with van der Waals surface area (Å²) in [6, 6.07) is 6.18. The predicted molar refractivity (Wildman–Crippen MR) is 74.6 cm³/mol. The molecule has 0 bridgehead atoms. The zero-order valence-electron chi connectivity index (χ0n) is 10.3. The van der Waals surface area contributed by atoms with E-state index in [1.807, 2.05) is 0 Å². The predicted octanol–water partition coefficient (Wildman–Crippen LogP) is 0.803. The van der Waals surface area contributed by atoms with Crippen molar-refractivity contribution in [3.63, 3.8) is 0 Å². The molecule has 1 aromatic carbocycles. The number of fused-ring (bicyclic) bond motifs is 1. The normalized spacial score (nSPS) is 11.9. The van der Waals surface area contributed by atoms with E-state index in [1.54, 1.807) is 18.3 Å². The standard InChI is InChI=1S/C11H8N4O4S2/c12-21(18,19)11-14-15-5-8(13-10(15)20-11)6-1-3-7(4-2-6)9(16)17/h1-5H,(H,16,17)(H2,12,18,19). The smallest absolute Gasteiger partial charge is 0.335 e. The van der Waals surface area contributed by atoms with E-state index in [0.29, 0.717) is 16.2 Å². The Morgan fingerprint density at radius 2 is 1.95 bits per heavy atom. The van der Waals surface area contributed by atoms with Crippen molar-refractivity contribution >= 4 is 32.3 Å². The number of rotatable bonds is 3. The zero-order chi connectivity index (χ0) is 15.2. The Balaban J connectivity index is 2.01. The fourth-order valence-electron chi connectivity index (χ4n) is 1.72. The number of benzene rings is 1. The summed E-state index contributed by atoms with van der Waals surface area (Å²) in [5.41, 5.74) is 1.44. The molecule has 0 amide bonds. The molecule has 0 saturated heterocycles. The van der Waals surface area contributed by atoms with Gasteiger partial charge >= 0.3 is 5.97 Å². The molecule has 108 valence electrons. The van der Waals surface area contributed by atoms with Crippen LogP contribution in [0, 0.1) is 0 Å². The van der Waals surface area contributed by atoms with E-state index in [9.17, 15) is 13.2 Å². The number of carboxylic acid groups (broad SMARTS) is 1. The summed E-state index contributed by atoms with van der Waals surface area (Å²) < 4.78 is 23.5. The van der Waals surface area contributed by atoms with Crippen molar-refractivity contribution in [2.75, 3.05) is 0 Å². The highest BCUT2D eigenvalue weighted by molar-refractivity contribution is 7.91. The van der Waals surface area contributed by atoms with Crippen molar-refractivity contribution in [1.29, 1.82) is 0 Å². The molecule has 0 fully saturated rings. The summed E-state index contributed by atoms with van der Waals surface area (Å²) in [7, 11) is -3.85. The third kappa shape index (κ3) is 2.51. The molecule has 3 aromatic rings. The van der Waals surface area contributed by atoms with Gasteiger partial charge in [-0.2, -0.15) is 0 Å². The Morgan fingerprint density at radius 3 is 2.48 bits per heavy atom. The van der Waals surface area contributed by atoms with Crippen LogP contribution in [0.1, 0.15) is 10.4 Å². The lowest BCUT2D eigenvalue weighted by atomic mass is 10.1. The first-order valence-corrected chi connectivity index (χ1v) is 7.93. The maximum atomic E-state index is 11.2. The summed E-state index contributed by atoms with van der Waals surface area (Å²) in [6.07, 6.45) is 1.55. The Bertz CT molecular complexity index is 909. The highest BCUT2D eigenvalue weighted by Gasteiger charge is 2.17. The summed E-state index contributed by atoms with van der Waals surface area (Å²) in [6.45, 7) is 0. The van der Waals surface area contributed by atoms with Gasteiger partial charge in [-0.3, -0.25) is 0 Å². The molecule has 2 heterocycles.